The summed E-state index contributed by atoms with van der Waals surface area (Å²) in [5.41, 5.74) is 17.3. The maximum Gasteiger partial charge on any atom is 0.0561 e. The lowest BCUT2D eigenvalue weighted by Crippen LogP contribution is -2.16. The number of benzene rings is 8. The van der Waals surface area contributed by atoms with Gasteiger partial charge < -0.3 is 14.0 Å². The summed E-state index contributed by atoms with van der Waals surface area (Å²) in [5, 5.41) is 5.08. The van der Waals surface area contributed by atoms with Crippen LogP contribution < -0.4 is 4.90 Å². The first kappa shape index (κ1) is 32.6. The van der Waals surface area contributed by atoms with E-state index in [4.69, 9.17) is 0 Å². The van der Waals surface area contributed by atoms with Crippen molar-refractivity contribution in [3.8, 4) is 27.9 Å². The van der Waals surface area contributed by atoms with Gasteiger partial charge in [0.05, 0.1) is 22.2 Å². The molecule has 0 radical (unpaired) electrons. The molecule has 1 aliphatic rings. The third-order valence-electron chi connectivity index (χ3n) is 12.3. The molecule has 0 aliphatic heterocycles. The summed E-state index contributed by atoms with van der Waals surface area (Å²) in [6.07, 6.45) is 0. The number of fused-ring (bicyclic) bond motifs is 9. The van der Waals surface area contributed by atoms with Crippen molar-refractivity contribution in [2.75, 3.05) is 4.90 Å². The number of anilines is 3. The summed E-state index contributed by atoms with van der Waals surface area (Å²) in [6, 6.07) is 67.2. The van der Waals surface area contributed by atoms with Crippen LogP contribution in [0, 0.1) is 0 Å². The Hall–Kier alpha value is -6.84. The van der Waals surface area contributed by atoms with Crippen molar-refractivity contribution in [2.24, 2.45) is 0 Å². The molecule has 0 atom stereocenters. The molecule has 2 aromatic heterocycles. The molecule has 0 unspecified atom stereocenters. The lowest BCUT2D eigenvalue weighted by atomic mass is 9.82. The highest BCUT2D eigenvalue weighted by atomic mass is 15.1. The zero-order valence-electron chi connectivity index (χ0n) is 31.9. The van der Waals surface area contributed by atoms with Gasteiger partial charge in [0.25, 0.3) is 0 Å². The van der Waals surface area contributed by atoms with Gasteiger partial charge in [-0.15, -0.1) is 0 Å². The molecule has 0 saturated carbocycles. The van der Waals surface area contributed by atoms with E-state index in [2.05, 4.69) is 217 Å². The van der Waals surface area contributed by atoms with E-state index in [-0.39, 0.29) is 5.41 Å². The Labute approximate surface area is 327 Å². The van der Waals surface area contributed by atoms with Gasteiger partial charge in [-0.3, -0.25) is 0 Å². The Balaban J connectivity index is 1.12. The molecule has 56 heavy (non-hydrogen) atoms. The number of nitrogens with zero attached hydrogens (tertiary/aromatic N) is 3. The van der Waals surface area contributed by atoms with Crippen LogP contribution in [-0.4, -0.2) is 9.13 Å². The maximum absolute atomic E-state index is 2.49. The van der Waals surface area contributed by atoms with Crippen LogP contribution in [0.1, 0.15) is 31.9 Å². The standard InChI is InChI=1S/C53H41N3/c1-4-54-46-23-12-9-19-42(46)52-48(54)25-15-27-50(52)55(38-32-33-41-40-18-8-11-22-44(40)53(2,3)45(41)34-38)37-30-28-35(29-31-37)39-21-14-26-49-51(39)43-20-10-13-24-47(43)56(49)36-16-6-5-7-17-36/h5-34H,4H2,1-3H3. The van der Waals surface area contributed by atoms with Crippen molar-refractivity contribution in [3.05, 3.63) is 193 Å². The van der Waals surface area contributed by atoms with Gasteiger partial charge in [0, 0.05) is 56.1 Å². The van der Waals surface area contributed by atoms with E-state index in [0.717, 1.165) is 17.9 Å². The molecule has 268 valence electrons. The van der Waals surface area contributed by atoms with Crippen LogP contribution in [0.2, 0.25) is 0 Å². The normalized spacial score (nSPS) is 13.1. The van der Waals surface area contributed by atoms with Crippen LogP contribution in [0.4, 0.5) is 17.1 Å². The fourth-order valence-corrected chi connectivity index (χ4v) is 9.77. The smallest absolute Gasteiger partial charge is 0.0561 e. The molecule has 8 aromatic carbocycles. The van der Waals surface area contributed by atoms with E-state index in [0.29, 0.717) is 0 Å². The Morgan fingerprint density at radius 3 is 1.88 bits per heavy atom. The summed E-state index contributed by atoms with van der Waals surface area (Å²) < 4.78 is 4.84. The zero-order chi connectivity index (χ0) is 37.5. The summed E-state index contributed by atoms with van der Waals surface area (Å²) in [4.78, 5) is 2.49. The van der Waals surface area contributed by atoms with Crippen molar-refractivity contribution in [1.82, 2.24) is 9.13 Å². The molecule has 11 rings (SSSR count). The van der Waals surface area contributed by atoms with Gasteiger partial charge in [-0.05, 0) is 107 Å². The summed E-state index contributed by atoms with van der Waals surface area (Å²) >= 11 is 0. The lowest BCUT2D eigenvalue weighted by molar-refractivity contribution is 0.660. The van der Waals surface area contributed by atoms with E-state index in [1.807, 2.05) is 0 Å². The van der Waals surface area contributed by atoms with Gasteiger partial charge >= 0.3 is 0 Å². The molecule has 3 heteroatoms. The maximum atomic E-state index is 2.49. The van der Waals surface area contributed by atoms with Crippen LogP contribution in [0.5, 0.6) is 0 Å². The quantitative estimate of drug-likeness (QED) is 0.167. The monoisotopic (exact) mass is 719 g/mol. The van der Waals surface area contributed by atoms with E-state index >= 15 is 0 Å². The van der Waals surface area contributed by atoms with Gasteiger partial charge in [-0.1, -0.05) is 129 Å². The topological polar surface area (TPSA) is 13.1 Å². The first-order chi connectivity index (χ1) is 27.5. The molecule has 1 aliphatic carbocycles. The SMILES string of the molecule is CCn1c2ccccc2c2c(N(c3ccc(-c4cccc5c4c4ccccc4n5-c4ccccc4)cc3)c3ccc4c(c3)C(C)(C)c3ccccc3-4)cccc21. The molecule has 3 nitrogen and oxygen atoms in total. The predicted octanol–water partition coefficient (Wildman–Crippen LogP) is 14.4. The van der Waals surface area contributed by atoms with Crippen LogP contribution in [0.15, 0.2) is 182 Å². The molecular weight excluding hydrogens is 679 g/mol. The third kappa shape index (κ3) is 4.64. The van der Waals surface area contributed by atoms with Crippen LogP contribution in [0.25, 0.3) is 71.6 Å². The molecule has 0 amide bonds. The zero-order valence-corrected chi connectivity index (χ0v) is 31.9. The highest BCUT2D eigenvalue weighted by Crippen LogP contribution is 2.51. The van der Waals surface area contributed by atoms with E-state index in [9.17, 15) is 0 Å². The molecular formula is C53H41N3. The number of aromatic nitrogens is 2. The van der Waals surface area contributed by atoms with E-state index < -0.39 is 0 Å². The highest BCUT2D eigenvalue weighted by molar-refractivity contribution is 6.17. The minimum atomic E-state index is -0.112. The predicted molar refractivity (Wildman–Crippen MR) is 237 cm³/mol. The summed E-state index contributed by atoms with van der Waals surface area (Å²) in [6.45, 7) is 7.88. The Morgan fingerprint density at radius 2 is 1.07 bits per heavy atom. The largest absolute Gasteiger partial charge is 0.341 e. The number of para-hydroxylation sites is 3. The lowest BCUT2D eigenvalue weighted by Gasteiger charge is -2.29. The molecule has 10 aromatic rings. The van der Waals surface area contributed by atoms with E-state index in [1.165, 1.54) is 88.4 Å². The first-order valence-electron chi connectivity index (χ1n) is 19.8. The Kier molecular flexibility index (Phi) is 7.18. The average molecular weight is 720 g/mol. The third-order valence-corrected chi connectivity index (χ3v) is 12.3. The van der Waals surface area contributed by atoms with Gasteiger partial charge in [0.2, 0.25) is 0 Å². The average Bonchev–Trinajstić information content (AvgIpc) is 3.85. The van der Waals surface area contributed by atoms with Crippen molar-refractivity contribution >= 4 is 60.7 Å². The summed E-state index contributed by atoms with van der Waals surface area (Å²) in [7, 11) is 0. The first-order valence-corrected chi connectivity index (χ1v) is 19.8. The minimum absolute atomic E-state index is 0.112. The molecule has 0 N–H and O–H groups in total. The van der Waals surface area contributed by atoms with Crippen LogP contribution in [-0.2, 0) is 12.0 Å². The number of rotatable bonds is 6. The van der Waals surface area contributed by atoms with E-state index in [1.54, 1.807) is 0 Å². The molecule has 0 saturated heterocycles. The molecule has 0 fully saturated rings. The number of hydrogen-bond donors (Lipinski definition) is 0. The highest BCUT2D eigenvalue weighted by Gasteiger charge is 2.36. The Morgan fingerprint density at radius 1 is 0.464 bits per heavy atom. The van der Waals surface area contributed by atoms with Gasteiger partial charge in [-0.25, -0.2) is 0 Å². The second-order valence-corrected chi connectivity index (χ2v) is 15.6. The van der Waals surface area contributed by atoms with Crippen molar-refractivity contribution in [3.63, 3.8) is 0 Å². The second kappa shape index (κ2) is 12.3. The summed E-state index contributed by atoms with van der Waals surface area (Å²) in [5.74, 6) is 0. The number of hydrogen-bond acceptors (Lipinski definition) is 1. The van der Waals surface area contributed by atoms with Gasteiger partial charge in [0.15, 0.2) is 0 Å². The molecule has 2 heterocycles. The van der Waals surface area contributed by atoms with Crippen LogP contribution >= 0.6 is 0 Å². The fourth-order valence-electron chi connectivity index (χ4n) is 9.77. The van der Waals surface area contributed by atoms with Crippen LogP contribution in [0.3, 0.4) is 0 Å². The minimum Gasteiger partial charge on any atom is -0.341 e. The molecule has 0 bridgehead atoms. The van der Waals surface area contributed by atoms with Gasteiger partial charge in [-0.2, -0.15) is 0 Å². The van der Waals surface area contributed by atoms with Crippen molar-refractivity contribution in [2.45, 2.75) is 32.7 Å². The Bertz CT molecular complexity index is 3140. The number of aryl methyl sites for hydroxylation is 1. The van der Waals surface area contributed by atoms with Crippen molar-refractivity contribution < 1.29 is 0 Å². The van der Waals surface area contributed by atoms with Gasteiger partial charge in [0.1, 0.15) is 0 Å². The van der Waals surface area contributed by atoms with Crippen molar-refractivity contribution in [1.29, 1.82) is 0 Å². The molecule has 0 spiro atoms. The fraction of sp³-hybridized carbons (Fsp3) is 0.0943. The second-order valence-electron chi connectivity index (χ2n) is 15.6.